The fourth-order valence-corrected chi connectivity index (χ4v) is 2.77. The predicted octanol–water partition coefficient (Wildman–Crippen LogP) is 3.07. The highest BCUT2D eigenvalue weighted by atomic mass is 16.5. The van der Waals surface area contributed by atoms with Gasteiger partial charge in [0, 0.05) is 11.0 Å². The lowest BCUT2D eigenvalue weighted by Crippen LogP contribution is -2.38. The average Bonchev–Trinajstić information content (AvgIpc) is 2.94. The van der Waals surface area contributed by atoms with Gasteiger partial charge in [-0.05, 0) is 39.0 Å². The highest BCUT2D eigenvalue weighted by Gasteiger charge is 2.39. The molecule has 0 aromatic rings. The predicted molar refractivity (Wildman–Crippen MR) is 72.2 cm³/mol. The van der Waals surface area contributed by atoms with Crippen molar-refractivity contribution in [1.82, 2.24) is 0 Å². The van der Waals surface area contributed by atoms with Gasteiger partial charge in [-0.1, -0.05) is 25.8 Å². The molecule has 0 amide bonds. The Kier molecular flexibility index (Phi) is 5.86. The largest absolute Gasteiger partial charge is 0.462 e. The van der Waals surface area contributed by atoms with Crippen molar-refractivity contribution < 1.29 is 14.6 Å². The molecule has 0 aromatic carbocycles. The summed E-state index contributed by atoms with van der Waals surface area (Å²) >= 11 is 0. The zero-order valence-electron chi connectivity index (χ0n) is 11.9. The van der Waals surface area contributed by atoms with Crippen molar-refractivity contribution in [3.05, 3.63) is 11.6 Å². The van der Waals surface area contributed by atoms with Gasteiger partial charge in [0.05, 0.1) is 13.2 Å². The molecule has 1 aliphatic rings. The van der Waals surface area contributed by atoms with Gasteiger partial charge in [0.25, 0.3) is 0 Å². The Labute approximate surface area is 110 Å². The van der Waals surface area contributed by atoms with Gasteiger partial charge in [-0.25, -0.2) is 4.79 Å². The average molecular weight is 254 g/mol. The van der Waals surface area contributed by atoms with Crippen molar-refractivity contribution in [2.24, 2.45) is 11.3 Å². The Morgan fingerprint density at radius 3 is 2.50 bits per heavy atom. The van der Waals surface area contributed by atoms with Gasteiger partial charge >= 0.3 is 5.97 Å². The number of esters is 1. The third kappa shape index (κ3) is 3.35. The topological polar surface area (TPSA) is 46.5 Å². The molecule has 1 unspecified atom stereocenters. The molecule has 1 atom stereocenters. The zero-order chi connectivity index (χ0) is 13.6. The number of aliphatic hydroxyl groups excluding tert-OH is 1. The van der Waals surface area contributed by atoms with Crippen molar-refractivity contribution in [3.8, 4) is 0 Å². The molecule has 3 heteroatoms. The number of rotatable bonds is 6. The smallest absolute Gasteiger partial charge is 0.333 e. The molecular weight excluding hydrogens is 228 g/mol. The first-order chi connectivity index (χ1) is 8.59. The Morgan fingerprint density at radius 1 is 1.44 bits per heavy atom. The van der Waals surface area contributed by atoms with Gasteiger partial charge in [0.1, 0.15) is 0 Å². The number of hydrogen-bond donors (Lipinski definition) is 1. The van der Waals surface area contributed by atoms with E-state index in [4.69, 9.17) is 4.74 Å². The van der Waals surface area contributed by atoms with E-state index in [0.29, 0.717) is 18.1 Å². The maximum atomic E-state index is 11.7. The summed E-state index contributed by atoms with van der Waals surface area (Å²) in [6.45, 7) is 6.10. The molecule has 18 heavy (non-hydrogen) atoms. The quantitative estimate of drug-likeness (QED) is 0.585. The third-order valence-corrected chi connectivity index (χ3v) is 4.49. The number of carbonyl (C=O) groups excluding carboxylic acids is 1. The summed E-state index contributed by atoms with van der Waals surface area (Å²) in [4.78, 5) is 11.7. The molecule has 3 nitrogen and oxygen atoms in total. The van der Waals surface area contributed by atoms with Gasteiger partial charge in [-0.2, -0.15) is 0 Å². The normalized spacial score (nSPS) is 20.8. The van der Waals surface area contributed by atoms with E-state index < -0.39 is 0 Å². The van der Waals surface area contributed by atoms with Gasteiger partial charge < -0.3 is 9.84 Å². The zero-order valence-corrected chi connectivity index (χ0v) is 11.9. The van der Waals surface area contributed by atoms with E-state index in [1.165, 1.54) is 12.8 Å². The van der Waals surface area contributed by atoms with Crippen LogP contribution in [-0.2, 0) is 9.53 Å². The van der Waals surface area contributed by atoms with Gasteiger partial charge in [0.15, 0.2) is 0 Å². The van der Waals surface area contributed by atoms with Crippen LogP contribution in [0.4, 0.5) is 0 Å². The van der Waals surface area contributed by atoms with Crippen molar-refractivity contribution >= 4 is 5.97 Å². The minimum absolute atomic E-state index is 0.107. The lowest BCUT2D eigenvalue weighted by molar-refractivity contribution is -0.145. The summed E-state index contributed by atoms with van der Waals surface area (Å²) in [5, 5.41) is 9.74. The number of aliphatic hydroxyl groups is 1. The van der Waals surface area contributed by atoms with Crippen molar-refractivity contribution in [1.29, 1.82) is 0 Å². The Morgan fingerprint density at radius 2 is 2.06 bits per heavy atom. The van der Waals surface area contributed by atoms with Crippen LogP contribution in [-0.4, -0.2) is 24.3 Å². The number of allylic oxidation sites excluding steroid dienone is 1. The second kappa shape index (κ2) is 6.93. The molecule has 1 rings (SSSR count). The maximum absolute atomic E-state index is 11.7. The van der Waals surface area contributed by atoms with Gasteiger partial charge in [0.2, 0.25) is 0 Å². The molecule has 0 aromatic heterocycles. The molecule has 1 aliphatic carbocycles. The Balaban J connectivity index is 2.65. The van der Waals surface area contributed by atoms with Crippen LogP contribution in [0.5, 0.6) is 0 Å². The highest BCUT2D eigenvalue weighted by molar-refractivity contribution is 5.87. The molecule has 0 aliphatic heterocycles. The second-order valence-electron chi connectivity index (χ2n) is 5.40. The number of carbonyl (C=O) groups is 1. The lowest BCUT2D eigenvalue weighted by Gasteiger charge is -2.36. The summed E-state index contributed by atoms with van der Waals surface area (Å²) in [6.07, 6.45) is 7.37. The molecule has 1 fully saturated rings. The Hall–Kier alpha value is -0.830. The van der Waals surface area contributed by atoms with E-state index in [-0.39, 0.29) is 18.0 Å². The molecule has 0 saturated heterocycles. The SMILES string of the molecule is CC=C(C)C(=O)OCC(CC)(CO)C1CCCC1. The van der Waals surface area contributed by atoms with Crippen LogP contribution in [0, 0.1) is 11.3 Å². The summed E-state index contributed by atoms with van der Waals surface area (Å²) in [5.41, 5.74) is 0.393. The first-order valence-corrected chi connectivity index (χ1v) is 7.00. The standard InChI is InChI=1S/C15H26O3/c1-4-12(3)14(17)18-11-15(5-2,10-16)13-8-6-7-9-13/h4,13,16H,5-11H2,1-3H3. The van der Waals surface area contributed by atoms with Crippen LogP contribution in [0.15, 0.2) is 11.6 Å². The van der Waals surface area contributed by atoms with Crippen LogP contribution < -0.4 is 0 Å². The molecule has 0 heterocycles. The molecule has 0 spiro atoms. The van der Waals surface area contributed by atoms with Crippen LogP contribution in [0.3, 0.4) is 0 Å². The minimum Gasteiger partial charge on any atom is -0.462 e. The van der Waals surface area contributed by atoms with E-state index in [0.717, 1.165) is 19.3 Å². The monoisotopic (exact) mass is 254 g/mol. The van der Waals surface area contributed by atoms with E-state index in [1.807, 2.05) is 6.92 Å². The molecule has 1 saturated carbocycles. The summed E-state index contributed by atoms with van der Waals surface area (Å²) in [6, 6.07) is 0. The Bertz CT molecular complexity index is 297. The highest BCUT2D eigenvalue weighted by Crippen LogP contribution is 2.42. The van der Waals surface area contributed by atoms with Crippen LogP contribution >= 0.6 is 0 Å². The fraction of sp³-hybridized carbons (Fsp3) is 0.800. The van der Waals surface area contributed by atoms with E-state index in [1.54, 1.807) is 13.0 Å². The van der Waals surface area contributed by atoms with Crippen molar-refractivity contribution in [2.45, 2.75) is 52.9 Å². The maximum Gasteiger partial charge on any atom is 0.333 e. The molecular formula is C15H26O3. The molecule has 104 valence electrons. The summed E-state index contributed by atoms with van der Waals surface area (Å²) < 4.78 is 5.39. The fourth-order valence-electron chi connectivity index (χ4n) is 2.77. The summed E-state index contributed by atoms with van der Waals surface area (Å²) in [7, 11) is 0. The molecule has 1 N–H and O–H groups in total. The van der Waals surface area contributed by atoms with Crippen molar-refractivity contribution in [2.75, 3.05) is 13.2 Å². The number of ether oxygens (including phenoxy) is 1. The second-order valence-corrected chi connectivity index (χ2v) is 5.40. The van der Waals surface area contributed by atoms with E-state index >= 15 is 0 Å². The first kappa shape index (κ1) is 15.2. The van der Waals surface area contributed by atoms with E-state index in [2.05, 4.69) is 6.92 Å². The van der Waals surface area contributed by atoms with Crippen LogP contribution in [0.25, 0.3) is 0 Å². The van der Waals surface area contributed by atoms with E-state index in [9.17, 15) is 9.90 Å². The van der Waals surface area contributed by atoms with Crippen molar-refractivity contribution in [3.63, 3.8) is 0 Å². The lowest BCUT2D eigenvalue weighted by atomic mass is 9.73. The molecule has 0 radical (unpaired) electrons. The van der Waals surface area contributed by atoms with Gasteiger partial charge in [-0.15, -0.1) is 0 Å². The van der Waals surface area contributed by atoms with Gasteiger partial charge in [-0.3, -0.25) is 0 Å². The minimum atomic E-state index is -0.262. The van der Waals surface area contributed by atoms with Crippen LogP contribution in [0.2, 0.25) is 0 Å². The number of hydrogen-bond acceptors (Lipinski definition) is 3. The third-order valence-electron chi connectivity index (χ3n) is 4.49. The van der Waals surface area contributed by atoms with Crippen LogP contribution in [0.1, 0.15) is 52.9 Å². The molecule has 0 bridgehead atoms. The summed E-state index contributed by atoms with van der Waals surface area (Å²) in [5.74, 6) is 0.230. The first-order valence-electron chi connectivity index (χ1n) is 7.00.